The number of fused-ring (bicyclic) bond motifs is 1. The Morgan fingerprint density at radius 1 is 0.893 bits per heavy atom. The zero-order valence-electron chi connectivity index (χ0n) is 15.6. The van der Waals surface area contributed by atoms with Gasteiger partial charge >= 0.3 is 0 Å². The van der Waals surface area contributed by atoms with Crippen LogP contribution in [0.1, 0.15) is 5.56 Å². The lowest BCUT2D eigenvalue weighted by atomic mass is 10.2. The Morgan fingerprint density at radius 2 is 1.54 bits per heavy atom. The first kappa shape index (κ1) is 18.7. The minimum atomic E-state index is 0.689. The van der Waals surface area contributed by atoms with Crippen LogP contribution in [0.5, 0.6) is 11.5 Å². The molecule has 0 unspecified atom stereocenters. The van der Waals surface area contributed by atoms with Gasteiger partial charge < -0.3 is 9.47 Å². The van der Waals surface area contributed by atoms with Crippen LogP contribution in [0.25, 0.3) is 16.7 Å². The second-order valence-electron chi connectivity index (χ2n) is 6.20. The van der Waals surface area contributed by atoms with Crippen LogP contribution in [-0.4, -0.2) is 23.8 Å². The second kappa shape index (κ2) is 8.17. The fourth-order valence-corrected chi connectivity index (χ4v) is 4.12. The van der Waals surface area contributed by atoms with E-state index in [2.05, 4.69) is 16.7 Å². The average Bonchev–Trinajstić information content (AvgIpc) is 3.10. The molecule has 0 aliphatic heterocycles. The third-order valence-corrected chi connectivity index (χ3v) is 5.69. The summed E-state index contributed by atoms with van der Waals surface area (Å²) in [6.07, 6.45) is 0. The third-order valence-electron chi connectivity index (χ3n) is 4.44. The maximum atomic E-state index is 6.26. The molecule has 0 atom stereocenters. The van der Waals surface area contributed by atoms with Crippen molar-refractivity contribution in [2.75, 3.05) is 14.2 Å². The van der Waals surface area contributed by atoms with Crippen LogP contribution in [0.2, 0.25) is 5.02 Å². The van der Waals surface area contributed by atoms with Gasteiger partial charge in [-0.2, -0.15) is 0 Å². The van der Waals surface area contributed by atoms with Gasteiger partial charge in [0.25, 0.3) is 0 Å². The third kappa shape index (κ3) is 3.81. The molecule has 4 rings (SSSR count). The molecule has 0 N–H and O–H groups in total. The SMILES string of the molecule is COc1ccc(CSc2nc3ccc(Cl)cc3n2-c2ccc(OC)cc2)cc1. The van der Waals surface area contributed by atoms with Crippen LogP contribution in [0.15, 0.2) is 71.9 Å². The second-order valence-corrected chi connectivity index (χ2v) is 7.58. The molecular weight excluding hydrogens is 392 g/mol. The van der Waals surface area contributed by atoms with Crippen molar-refractivity contribution in [3.63, 3.8) is 0 Å². The monoisotopic (exact) mass is 410 g/mol. The molecule has 1 aromatic heterocycles. The van der Waals surface area contributed by atoms with Gasteiger partial charge in [0.1, 0.15) is 11.5 Å². The Morgan fingerprint density at radius 3 is 2.18 bits per heavy atom. The zero-order chi connectivity index (χ0) is 19.5. The van der Waals surface area contributed by atoms with Gasteiger partial charge in [-0.1, -0.05) is 35.5 Å². The summed E-state index contributed by atoms with van der Waals surface area (Å²) in [5, 5.41) is 1.60. The predicted molar refractivity (Wildman–Crippen MR) is 115 cm³/mol. The van der Waals surface area contributed by atoms with Gasteiger partial charge in [-0.05, 0) is 60.2 Å². The number of benzene rings is 3. The van der Waals surface area contributed by atoms with E-state index in [4.69, 9.17) is 26.1 Å². The molecule has 0 radical (unpaired) electrons. The Bertz CT molecular complexity index is 1090. The first-order valence-electron chi connectivity index (χ1n) is 8.76. The summed E-state index contributed by atoms with van der Waals surface area (Å²) in [5.74, 6) is 2.48. The highest BCUT2D eigenvalue weighted by atomic mass is 35.5. The molecule has 0 amide bonds. The van der Waals surface area contributed by atoms with E-state index in [1.807, 2.05) is 54.6 Å². The lowest BCUT2D eigenvalue weighted by molar-refractivity contribution is 0.414. The molecule has 0 spiro atoms. The Hall–Kier alpha value is -2.63. The van der Waals surface area contributed by atoms with Crippen molar-refractivity contribution in [2.45, 2.75) is 10.9 Å². The van der Waals surface area contributed by atoms with Crippen LogP contribution in [-0.2, 0) is 5.75 Å². The summed E-state index contributed by atoms with van der Waals surface area (Å²) < 4.78 is 12.7. The van der Waals surface area contributed by atoms with E-state index in [1.54, 1.807) is 26.0 Å². The van der Waals surface area contributed by atoms with Crippen molar-refractivity contribution < 1.29 is 9.47 Å². The Balaban J connectivity index is 1.71. The van der Waals surface area contributed by atoms with Crippen LogP contribution in [0, 0.1) is 0 Å². The van der Waals surface area contributed by atoms with Crippen LogP contribution < -0.4 is 9.47 Å². The number of methoxy groups -OCH3 is 2. The smallest absolute Gasteiger partial charge is 0.174 e. The molecule has 28 heavy (non-hydrogen) atoms. The van der Waals surface area contributed by atoms with E-state index >= 15 is 0 Å². The van der Waals surface area contributed by atoms with Crippen molar-refractivity contribution in [3.05, 3.63) is 77.3 Å². The quantitative estimate of drug-likeness (QED) is 0.366. The van der Waals surface area contributed by atoms with Gasteiger partial charge in [-0.15, -0.1) is 0 Å². The van der Waals surface area contributed by atoms with E-state index in [0.717, 1.165) is 39.1 Å². The summed E-state index contributed by atoms with van der Waals surface area (Å²) in [6.45, 7) is 0. The fourth-order valence-electron chi connectivity index (χ4n) is 2.97. The number of aromatic nitrogens is 2. The average molecular weight is 411 g/mol. The van der Waals surface area contributed by atoms with Crippen LogP contribution in [0.3, 0.4) is 0 Å². The normalized spacial score (nSPS) is 11.0. The molecule has 6 heteroatoms. The number of halogens is 1. The van der Waals surface area contributed by atoms with E-state index in [-0.39, 0.29) is 0 Å². The standard InChI is InChI=1S/C22H19ClN2O2S/c1-26-18-8-3-15(4-9-18)14-28-22-24-20-12-5-16(23)13-21(20)25(22)17-6-10-19(27-2)11-7-17/h3-13H,14H2,1-2H3. The highest BCUT2D eigenvalue weighted by molar-refractivity contribution is 7.98. The highest BCUT2D eigenvalue weighted by Crippen LogP contribution is 2.32. The number of nitrogens with zero attached hydrogens (tertiary/aromatic N) is 2. The predicted octanol–water partition coefficient (Wildman–Crippen LogP) is 5.99. The summed E-state index contributed by atoms with van der Waals surface area (Å²) in [5.41, 5.74) is 4.12. The molecule has 142 valence electrons. The first-order chi connectivity index (χ1) is 13.7. The minimum absolute atomic E-state index is 0.689. The molecule has 4 aromatic rings. The molecule has 0 bridgehead atoms. The molecule has 0 fully saturated rings. The van der Waals surface area contributed by atoms with E-state index in [0.29, 0.717) is 5.02 Å². The van der Waals surface area contributed by atoms with Crippen LogP contribution in [0.4, 0.5) is 0 Å². The topological polar surface area (TPSA) is 36.3 Å². The first-order valence-corrected chi connectivity index (χ1v) is 10.1. The van der Waals surface area contributed by atoms with Gasteiger partial charge in [0.2, 0.25) is 0 Å². The van der Waals surface area contributed by atoms with E-state index in [1.165, 1.54) is 5.56 Å². The Labute approximate surface area is 173 Å². The number of imidazole rings is 1. The fraction of sp³-hybridized carbons (Fsp3) is 0.136. The maximum absolute atomic E-state index is 6.26. The number of ether oxygens (including phenoxy) is 2. The summed E-state index contributed by atoms with van der Waals surface area (Å²) >= 11 is 7.94. The summed E-state index contributed by atoms with van der Waals surface area (Å²) in [6, 6.07) is 21.8. The van der Waals surface area contributed by atoms with Crippen molar-refractivity contribution in [1.82, 2.24) is 9.55 Å². The molecule has 0 saturated carbocycles. The molecule has 4 nitrogen and oxygen atoms in total. The van der Waals surface area contributed by atoms with Crippen LogP contribution >= 0.6 is 23.4 Å². The van der Waals surface area contributed by atoms with E-state index < -0.39 is 0 Å². The Kier molecular flexibility index (Phi) is 5.46. The summed E-state index contributed by atoms with van der Waals surface area (Å²) in [4.78, 5) is 4.83. The molecule has 0 saturated heterocycles. The zero-order valence-corrected chi connectivity index (χ0v) is 17.1. The molecular formula is C22H19ClN2O2S. The molecule has 3 aromatic carbocycles. The van der Waals surface area contributed by atoms with Gasteiger partial charge in [0, 0.05) is 16.5 Å². The van der Waals surface area contributed by atoms with Crippen molar-refractivity contribution >= 4 is 34.4 Å². The van der Waals surface area contributed by atoms with Crippen molar-refractivity contribution in [2.24, 2.45) is 0 Å². The van der Waals surface area contributed by atoms with Gasteiger partial charge in [-0.25, -0.2) is 4.98 Å². The highest BCUT2D eigenvalue weighted by Gasteiger charge is 2.14. The molecule has 0 aliphatic carbocycles. The number of hydrogen-bond donors (Lipinski definition) is 0. The van der Waals surface area contributed by atoms with Crippen molar-refractivity contribution in [3.8, 4) is 17.2 Å². The lowest BCUT2D eigenvalue weighted by Crippen LogP contribution is -1.97. The van der Waals surface area contributed by atoms with Gasteiger partial charge in [-0.3, -0.25) is 4.57 Å². The molecule has 0 aliphatic rings. The number of thioether (sulfide) groups is 1. The molecule has 1 heterocycles. The minimum Gasteiger partial charge on any atom is -0.497 e. The van der Waals surface area contributed by atoms with E-state index in [9.17, 15) is 0 Å². The number of rotatable bonds is 6. The number of hydrogen-bond acceptors (Lipinski definition) is 4. The maximum Gasteiger partial charge on any atom is 0.174 e. The lowest BCUT2D eigenvalue weighted by Gasteiger charge is -2.10. The summed E-state index contributed by atoms with van der Waals surface area (Å²) in [7, 11) is 3.34. The van der Waals surface area contributed by atoms with Crippen molar-refractivity contribution in [1.29, 1.82) is 0 Å². The van der Waals surface area contributed by atoms with Gasteiger partial charge in [0.05, 0.1) is 25.3 Å². The largest absolute Gasteiger partial charge is 0.497 e. The van der Waals surface area contributed by atoms with Gasteiger partial charge in [0.15, 0.2) is 5.16 Å².